The summed E-state index contributed by atoms with van der Waals surface area (Å²) >= 11 is 1.44. The van der Waals surface area contributed by atoms with Gasteiger partial charge in [0.1, 0.15) is 0 Å². The summed E-state index contributed by atoms with van der Waals surface area (Å²) in [6.45, 7) is 0.778. The van der Waals surface area contributed by atoms with Crippen molar-refractivity contribution in [3.8, 4) is 0 Å². The second-order valence-electron chi connectivity index (χ2n) is 7.33. The van der Waals surface area contributed by atoms with Gasteiger partial charge in [-0.05, 0) is 54.5 Å². The molecule has 2 bridgehead atoms. The van der Waals surface area contributed by atoms with Crippen LogP contribution in [0.25, 0.3) is 10.9 Å². The number of pyridine rings is 1. The highest BCUT2D eigenvalue weighted by molar-refractivity contribution is 7.12. The van der Waals surface area contributed by atoms with E-state index < -0.39 is 0 Å². The van der Waals surface area contributed by atoms with Gasteiger partial charge >= 0.3 is 0 Å². The van der Waals surface area contributed by atoms with Crippen LogP contribution in [0.5, 0.6) is 0 Å². The quantitative estimate of drug-likeness (QED) is 0.762. The van der Waals surface area contributed by atoms with Crippen molar-refractivity contribution in [2.75, 3.05) is 6.54 Å². The number of likely N-dealkylation sites (tertiary alicyclic amines) is 1. The highest BCUT2D eigenvalue weighted by atomic mass is 32.1. The number of nitrogens with one attached hydrogen (secondary N) is 1. The van der Waals surface area contributed by atoms with Crippen molar-refractivity contribution in [3.05, 3.63) is 64.5 Å². The summed E-state index contributed by atoms with van der Waals surface area (Å²) in [6.07, 6.45) is 3.67. The van der Waals surface area contributed by atoms with E-state index in [2.05, 4.69) is 10.3 Å². The molecule has 0 unspecified atom stereocenters. The average Bonchev–Trinajstić information content (AvgIpc) is 3.44. The molecule has 136 valence electrons. The molecule has 1 N–H and O–H groups in total. The fraction of sp³-hybridized carbons (Fsp3) is 0.286. The number of carbonyl (C=O) groups is 2. The third-order valence-corrected chi connectivity index (χ3v) is 6.52. The molecule has 1 aliphatic heterocycles. The van der Waals surface area contributed by atoms with Crippen LogP contribution < -0.4 is 5.32 Å². The van der Waals surface area contributed by atoms with Gasteiger partial charge in [-0.1, -0.05) is 12.1 Å². The topological polar surface area (TPSA) is 62.3 Å². The van der Waals surface area contributed by atoms with Gasteiger partial charge in [0.05, 0.1) is 16.4 Å². The Hall–Kier alpha value is -2.73. The fourth-order valence-corrected chi connectivity index (χ4v) is 5.06. The van der Waals surface area contributed by atoms with Gasteiger partial charge in [-0.3, -0.25) is 14.6 Å². The summed E-state index contributed by atoms with van der Waals surface area (Å²) < 4.78 is 0. The molecule has 5 rings (SSSR count). The molecule has 6 heteroatoms. The Balaban J connectivity index is 1.35. The number of fused-ring (bicyclic) bond motifs is 3. The number of hydrogen-bond acceptors (Lipinski definition) is 4. The molecule has 27 heavy (non-hydrogen) atoms. The highest BCUT2D eigenvalue weighted by Crippen LogP contribution is 2.39. The van der Waals surface area contributed by atoms with E-state index in [9.17, 15) is 9.59 Å². The molecule has 3 atom stereocenters. The lowest BCUT2D eigenvalue weighted by Gasteiger charge is -2.33. The summed E-state index contributed by atoms with van der Waals surface area (Å²) in [5, 5.41) is 6.02. The Bertz CT molecular complexity index is 1020. The Morgan fingerprint density at radius 3 is 2.89 bits per heavy atom. The Morgan fingerprint density at radius 2 is 2.07 bits per heavy atom. The van der Waals surface area contributed by atoms with E-state index >= 15 is 0 Å². The molecule has 1 aromatic carbocycles. The van der Waals surface area contributed by atoms with Gasteiger partial charge in [-0.25, -0.2) is 0 Å². The summed E-state index contributed by atoms with van der Waals surface area (Å²) in [5.41, 5.74) is 1.57. The molecule has 5 nitrogen and oxygen atoms in total. The van der Waals surface area contributed by atoms with Crippen LogP contribution in [-0.2, 0) is 0 Å². The SMILES string of the molecule is O=C(N[C@H]1C[C@@H]2C[C@H]1N(C(=O)c1ccc3ncccc3c1)C2)c1cccs1. The van der Waals surface area contributed by atoms with E-state index in [-0.39, 0.29) is 23.9 Å². The zero-order valence-corrected chi connectivity index (χ0v) is 15.5. The van der Waals surface area contributed by atoms with Crippen LogP contribution >= 0.6 is 11.3 Å². The number of benzene rings is 1. The number of carbonyl (C=O) groups excluding carboxylic acids is 2. The van der Waals surface area contributed by atoms with Crippen molar-refractivity contribution in [1.29, 1.82) is 0 Å². The van der Waals surface area contributed by atoms with E-state index in [4.69, 9.17) is 0 Å². The maximum atomic E-state index is 13.1. The average molecular weight is 377 g/mol. The molecule has 1 aliphatic carbocycles. The lowest BCUT2D eigenvalue weighted by molar-refractivity contribution is 0.0649. The van der Waals surface area contributed by atoms with Crippen molar-refractivity contribution < 1.29 is 9.59 Å². The van der Waals surface area contributed by atoms with Crippen LogP contribution in [0.2, 0.25) is 0 Å². The van der Waals surface area contributed by atoms with E-state index in [0.29, 0.717) is 11.5 Å². The first kappa shape index (κ1) is 16.4. The normalized spacial score (nSPS) is 23.7. The molecule has 0 spiro atoms. The molecule has 0 radical (unpaired) electrons. The van der Waals surface area contributed by atoms with E-state index in [1.807, 2.05) is 52.7 Å². The van der Waals surface area contributed by atoms with E-state index in [1.165, 1.54) is 11.3 Å². The first-order valence-electron chi connectivity index (χ1n) is 9.19. The lowest BCUT2D eigenvalue weighted by Crippen LogP contribution is -2.51. The van der Waals surface area contributed by atoms with Gasteiger partial charge < -0.3 is 10.2 Å². The maximum absolute atomic E-state index is 13.1. The number of hydrogen-bond donors (Lipinski definition) is 1. The Kier molecular flexibility index (Phi) is 3.93. The molecule has 2 aromatic heterocycles. The van der Waals surface area contributed by atoms with Gasteiger partial charge in [0.15, 0.2) is 0 Å². The van der Waals surface area contributed by atoms with Crippen molar-refractivity contribution in [2.24, 2.45) is 5.92 Å². The van der Waals surface area contributed by atoms with E-state index in [1.54, 1.807) is 6.20 Å². The molecular formula is C21H19N3O2S. The summed E-state index contributed by atoms with van der Waals surface area (Å²) in [5.74, 6) is 0.477. The van der Waals surface area contributed by atoms with Gasteiger partial charge in [0.2, 0.25) is 0 Å². The van der Waals surface area contributed by atoms with Gasteiger partial charge in [-0.2, -0.15) is 0 Å². The molecule has 2 amide bonds. The third kappa shape index (κ3) is 2.90. The fourth-order valence-electron chi connectivity index (χ4n) is 4.44. The Morgan fingerprint density at radius 1 is 1.15 bits per heavy atom. The minimum absolute atomic E-state index is 0.0319. The molecule has 3 aromatic rings. The zero-order valence-electron chi connectivity index (χ0n) is 14.7. The molecular weight excluding hydrogens is 358 g/mol. The van der Waals surface area contributed by atoms with Crippen molar-refractivity contribution >= 4 is 34.1 Å². The van der Waals surface area contributed by atoms with Crippen LogP contribution in [0.3, 0.4) is 0 Å². The van der Waals surface area contributed by atoms with Crippen LogP contribution in [0.15, 0.2) is 54.0 Å². The minimum Gasteiger partial charge on any atom is -0.347 e. The summed E-state index contributed by atoms with van der Waals surface area (Å²) in [7, 11) is 0. The van der Waals surface area contributed by atoms with Crippen LogP contribution in [0, 0.1) is 5.92 Å². The molecule has 3 heterocycles. The highest BCUT2D eigenvalue weighted by Gasteiger charge is 2.47. The zero-order chi connectivity index (χ0) is 18.4. The first-order valence-corrected chi connectivity index (χ1v) is 10.1. The number of thiophene rings is 1. The van der Waals surface area contributed by atoms with Crippen molar-refractivity contribution in [3.63, 3.8) is 0 Å². The Labute approximate surface area is 161 Å². The maximum Gasteiger partial charge on any atom is 0.261 e. The largest absolute Gasteiger partial charge is 0.347 e. The monoisotopic (exact) mass is 377 g/mol. The first-order chi connectivity index (χ1) is 13.2. The number of rotatable bonds is 3. The molecule has 1 saturated carbocycles. The molecule has 2 aliphatic rings. The number of amides is 2. The standard InChI is InChI=1S/C21H19N3O2S/c25-20(19-4-2-8-27-19)23-17-9-13-10-18(17)24(12-13)21(26)15-5-6-16-14(11-15)3-1-7-22-16/h1-8,11,13,17-18H,9-10,12H2,(H,23,25)/t13-,17+,18-/m1/s1. The van der Waals surface area contributed by atoms with Crippen molar-refractivity contribution in [2.45, 2.75) is 24.9 Å². The lowest BCUT2D eigenvalue weighted by atomic mass is 10.0. The smallest absolute Gasteiger partial charge is 0.261 e. The third-order valence-electron chi connectivity index (χ3n) is 5.65. The van der Waals surface area contributed by atoms with Crippen LogP contribution in [0.4, 0.5) is 0 Å². The summed E-state index contributed by atoms with van der Waals surface area (Å²) in [6, 6.07) is 13.3. The summed E-state index contributed by atoms with van der Waals surface area (Å²) in [4.78, 5) is 32.5. The van der Waals surface area contributed by atoms with Crippen LogP contribution in [-0.4, -0.2) is 40.3 Å². The second-order valence-corrected chi connectivity index (χ2v) is 8.28. The molecule has 1 saturated heterocycles. The predicted octanol–water partition coefficient (Wildman–Crippen LogP) is 3.33. The molecule has 2 fully saturated rings. The minimum atomic E-state index is -0.0354. The van der Waals surface area contributed by atoms with Crippen molar-refractivity contribution in [1.82, 2.24) is 15.2 Å². The van der Waals surface area contributed by atoms with Gasteiger partial charge in [0.25, 0.3) is 11.8 Å². The van der Waals surface area contributed by atoms with Gasteiger partial charge in [0, 0.05) is 29.7 Å². The predicted molar refractivity (Wildman–Crippen MR) is 105 cm³/mol. The second kappa shape index (κ2) is 6.46. The number of nitrogens with zero attached hydrogens (tertiary/aromatic N) is 2. The number of piperidine rings is 1. The number of aromatic nitrogens is 1. The van der Waals surface area contributed by atoms with Gasteiger partial charge in [-0.15, -0.1) is 11.3 Å². The van der Waals surface area contributed by atoms with E-state index in [0.717, 1.165) is 35.2 Å². The van der Waals surface area contributed by atoms with Crippen LogP contribution in [0.1, 0.15) is 32.9 Å².